The number of pyridine rings is 1. The minimum absolute atomic E-state index is 0.481. The number of anilines is 1. The molecule has 16 heavy (non-hydrogen) atoms. The average Bonchev–Trinajstić information content (AvgIpc) is 2.66. The van der Waals surface area contributed by atoms with Crippen LogP contribution in [0.1, 0.15) is 0 Å². The van der Waals surface area contributed by atoms with Crippen LogP contribution in [0.4, 0.5) is 5.95 Å². The topological polar surface area (TPSA) is 56.7 Å². The lowest BCUT2D eigenvalue weighted by Gasteiger charge is -2.04. The molecule has 0 aliphatic carbocycles. The van der Waals surface area contributed by atoms with Gasteiger partial charge in [0.15, 0.2) is 0 Å². The molecular formula is C12H10N4. The van der Waals surface area contributed by atoms with Crippen molar-refractivity contribution in [3.05, 3.63) is 48.8 Å². The molecule has 4 nitrogen and oxygen atoms in total. The third kappa shape index (κ3) is 1.24. The number of hydrogen-bond acceptors (Lipinski definition) is 3. The summed E-state index contributed by atoms with van der Waals surface area (Å²) in [7, 11) is 0. The van der Waals surface area contributed by atoms with E-state index in [1.165, 1.54) is 0 Å². The monoisotopic (exact) mass is 210 g/mol. The summed E-state index contributed by atoms with van der Waals surface area (Å²) >= 11 is 0. The van der Waals surface area contributed by atoms with Crippen LogP contribution >= 0.6 is 0 Å². The Hall–Kier alpha value is -2.36. The molecule has 0 spiro atoms. The van der Waals surface area contributed by atoms with Crippen LogP contribution in [-0.4, -0.2) is 14.5 Å². The van der Waals surface area contributed by atoms with Crippen LogP contribution in [0.2, 0.25) is 0 Å². The first-order valence-corrected chi connectivity index (χ1v) is 4.99. The largest absolute Gasteiger partial charge is 0.369 e. The van der Waals surface area contributed by atoms with E-state index in [1.807, 2.05) is 41.0 Å². The van der Waals surface area contributed by atoms with Gasteiger partial charge >= 0.3 is 0 Å². The van der Waals surface area contributed by atoms with Crippen LogP contribution in [0.15, 0.2) is 48.8 Å². The highest BCUT2D eigenvalue weighted by Gasteiger charge is 2.08. The molecule has 0 aliphatic heterocycles. The number of aromatic nitrogens is 3. The van der Waals surface area contributed by atoms with Crippen molar-refractivity contribution in [3.8, 4) is 5.69 Å². The van der Waals surface area contributed by atoms with Gasteiger partial charge in [-0.05, 0) is 24.3 Å². The Balaban J connectivity index is 2.35. The summed E-state index contributed by atoms with van der Waals surface area (Å²) in [6, 6.07) is 11.7. The Bertz CT molecular complexity index is 628. The molecule has 0 fully saturated rings. The zero-order valence-corrected chi connectivity index (χ0v) is 8.54. The first-order chi connectivity index (χ1) is 7.86. The summed E-state index contributed by atoms with van der Waals surface area (Å²) < 4.78 is 1.89. The highest BCUT2D eigenvalue weighted by Crippen LogP contribution is 2.21. The van der Waals surface area contributed by atoms with Crippen molar-refractivity contribution >= 4 is 17.0 Å². The van der Waals surface area contributed by atoms with Crippen molar-refractivity contribution in [2.45, 2.75) is 0 Å². The Morgan fingerprint density at radius 1 is 1.06 bits per heavy atom. The van der Waals surface area contributed by atoms with Crippen LogP contribution in [0, 0.1) is 0 Å². The summed E-state index contributed by atoms with van der Waals surface area (Å²) in [4.78, 5) is 8.39. The first-order valence-electron chi connectivity index (χ1n) is 4.99. The van der Waals surface area contributed by atoms with Crippen molar-refractivity contribution < 1.29 is 0 Å². The third-order valence-electron chi connectivity index (χ3n) is 2.49. The minimum atomic E-state index is 0.481. The van der Waals surface area contributed by atoms with Crippen molar-refractivity contribution in [1.29, 1.82) is 0 Å². The predicted octanol–water partition coefficient (Wildman–Crippen LogP) is 2.00. The second kappa shape index (κ2) is 3.34. The van der Waals surface area contributed by atoms with E-state index in [2.05, 4.69) is 9.97 Å². The maximum absolute atomic E-state index is 5.91. The zero-order chi connectivity index (χ0) is 11.0. The second-order valence-electron chi connectivity index (χ2n) is 3.51. The van der Waals surface area contributed by atoms with E-state index in [0.29, 0.717) is 5.95 Å². The van der Waals surface area contributed by atoms with Crippen molar-refractivity contribution in [2.24, 2.45) is 0 Å². The summed E-state index contributed by atoms with van der Waals surface area (Å²) in [5.74, 6) is 0.481. The van der Waals surface area contributed by atoms with Gasteiger partial charge in [0.2, 0.25) is 5.95 Å². The predicted molar refractivity (Wildman–Crippen MR) is 63.3 cm³/mol. The summed E-state index contributed by atoms with van der Waals surface area (Å²) in [5.41, 5.74) is 8.72. The third-order valence-corrected chi connectivity index (χ3v) is 2.49. The average molecular weight is 210 g/mol. The normalized spacial score (nSPS) is 10.8. The highest BCUT2D eigenvalue weighted by molar-refractivity contribution is 5.80. The number of rotatable bonds is 1. The lowest BCUT2D eigenvalue weighted by Crippen LogP contribution is -2.00. The van der Waals surface area contributed by atoms with Gasteiger partial charge in [0.1, 0.15) is 0 Å². The van der Waals surface area contributed by atoms with Gasteiger partial charge in [0, 0.05) is 6.20 Å². The van der Waals surface area contributed by atoms with E-state index in [4.69, 9.17) is 5.73 Å². The van der Waals surface area contributed by atoms with Crippen molar-refractivity contribution in [3.63, 3.8) is 0 Å². The molecule has 0 amide bonds. The van der Waals surface area contributed by atoms with E-state index in [0.717, 1.165) is 16.7 Å². The van der Waals surface area contributed by atoms with Gasteiger partial charge in [0.25, 0.3) is 0 Å². The van der Waals surface area contributed by atoms with Crippen molar-refractivity contribution in [2.75, 3.05) is 5.73 Å². The Morgan fingerprint density at radius 3 is 2.75 bits per heavy atom. The molecule has 0 saturated heterocycles. The number of imidazole rings is 1. The van der Waals surface area contributed by atoms with Gasteiger partial charge in [-0.3, -0.25) is 9.55 Å². The molecule has 0 radical (unpaired) electrons. The molecule has 2 N–H and O–H groups in total. The van der Waals surface area contributed by atoms with Gasteiger partial charge in [-0.15, -0.1) is 0 Å². The highest BCUT2D eigenvalue weighted by atomic mass is 15.2. The van der Waals surface area contributed by atoms with Gasteiger partial charge < -0.3 is 5.73 Å². The molecule has 1 aromatic carbocycles. The number of nitrogens with zero attached hydrogens (tertiary/aromatic N) is 3. The first kappa shape index (κ1) is 8.91. The molecular weight excluding hydrogens is 200 g/mol. The lowest BCUT2D eigenvalue weighted by atomic mass is 10.3. The Morgan fingerprint density at radius 2 is 1.94 bits per heavy atom. The van der Waals surface area contributed by atoms with Crippen LogP contribution < -0.4 is 5.73 Å². The van der Waals surface area contributed by atoms with Crippen LogP contribution in [0.25, 0.3) is 16.7 Å². The second-order valence-corrected chi connectivity index (χ2v) is 3.51. The van der Waals surface area contributed by atoms with E-state index in [9.17, 15) is 0 Å². The molecule has 4 heteroatoms. The molecule has 0 saturated carbocycles. The molecule has 0 atom stereocenters. The molecule has 3 rings (SSSR count). The number of benzene rings is 1. The summed E-state index contributed by atoms with van der Waals surface area (Å²) in [6.45, 7) is 0. The standard InChI is InChI=1S/C12H10N4/c13-12-15-10-5-1-2-6-11(10)16(12)9-4-3-7-14-8-9/h1-8H,(H2,13,15). The van der Waals surface area contributed by atoms with Gasteiger partial charge in [-0.1, -0.05) is 12.1 Å². The lowest BCUT2D eigenvalue weighted by molar-refractivity contribution is 1.09. The Kier molecular flexibility index (Phi) is 1.86. The van der Waals surface area contributed by atoms with Crippen LogP contribution in [0.5, 0.6) is 0 Å². The maximum Gasteiger partial charge on any atom is 0.205 e. The smallest absolute Gasteiger partial charge is 0.205 e. The van der Waals surface area contributed by atoms with E-state index in [-0.39, 0.29) is 0 Å². The molecule has 0 aliphatic rings. The Labute approximate surface area is 92.4 Å². The van der Waals surface area contributed by atoms with Gasteiger partial charge in [-0.25, -0.2) is 4.98 Å². The van der Waals surface area contributed by atoms with E-state index in [1.54, 1.807) is 12.4 Å². The number of fused-ring (bicyclic) bond motifs is 1. The summed E-state index contributed by atoms with van der Waals surface area (Å²) in [5, 5.41) is 0. The number of nitrogens with two attached hydrogens (primary N) is 1. The minimum Gasteiger partial charge on any atom is -0.369 e. The fourth-order valence-electron chi connectivity index (χ4n) is 1.80. The van der Waals surface area contributed by atoms with Crippen LogP contribution in [0.3, 0.4) is 0 Å². The molecule has 2 aromatic heterocycles. The molecule has 0 bridgehead atoms. The van der Waals surface area contributed by atoms with Gasteiger partial charge in [0.05, 0.1) is 22.9 Å². The molecule has 3 aromatic rings. The van der Waals surface area contributed by atoms with E-state index < -0.39 is 0 Å². The molecule has 78 valence electrons. The maximum atomic E-state index is 5.91. The van der Waals surface area contributed by atoms with Crippen molar-refractivity contribution in [1.82, 2.24) is 14.5 Å². The molecule has 2 heterocycles. The number of para-hydroxylation sites is 2. The zero-order valence-electron chi connectivity index (χ0n) is 8.54. The van der Waals surface area contributed by atoms with E-state index >= 15 is 0 Å². The summed E-state index contributed by atoms with van der Waals surface area (Å²) in [6.07, 6.45) is 3.50. The quantitative estimate of drug-likeness (QED) is 0.668. The molecule has 0 unspecified atom stereocenters. The number of hydrogen-bond donors (Lipinski definition) is 1. The fraction of sp³-hybridized carbons (Fsp3) is 0. The van der Waals surface area contributed by atoms with Crippen LogP contribution in [-0.2, 0) is 0 Å². The fourth-order valence-corrected chi connectivity index (χ4v) is 1.80. The number of nitrogen functional groups attached to an aromatic ring is 1. The van der Waals surface area contributed by atoms with Gasteiger partial charge in [-0.2, -0.15) is 0 Å². The SMILES string of the molecule is Nc1nc2ccccc2n1-c1cccnc1.